The molecule has 0 aliphatic carbocycles. The molecular weight excluding hydrogens is 230 g/mol. The van der Waals surface area contributed by atoms with Gasteiger partial charge in [-0.1, -0.05) is 15.9 Å². The maximum atomic E-state index is 9.20. The zero-order chi connectivity index (χ0) is 9.42. The number of aryl methyl sites for hydroxylation is 1. The predicted octanol–water partition coefficient (Wildman–Crippen LogP) is 3.01. The van der Waals surface area contributed by atoms with Crippen molar-refractivity contribution in [2.24, 2.45) is 0 Å². The Bertz CT molecular complexity index is 468. The van der Waals surface area contributed by atoms with Gasteiger partial charge in [0.15, 0.2) is 0 Å². The summed E-state index contributed by atoms with van der Waals surface area (Å²) in [6.45, 7) is 2.01. The molecular formula is C10H8BrNO. The van der Waals surface area contributed by atoms with Crippen molar-refractivity contribution in [2.75, 3.05) is 0 Å². The average Bonchev–Trinajstić information content (AvgIpc) is 2.06. The summed E-state index contributed by atoms with van der Waals surface area (Å²) in [5.74, 6) is 0.0675. The number of pyridine rings is 1. The zero-order valence-corrected chi connectivity index (χ0v) is 8.67. The first-order chi connectivity index (χ1) is 6.16. The standard InChI is InChI=1S/C10H8BrNO/c1-6-2-8(11)3-7-5-12-10(13)4-9(6)7/h2-5H,1H3,(H,12,13). The lowest BCUT2D eigenvalue weighted by Crippen LogP contribution is -1.81. The van der Waals surface area contributed by atoms with Gasteiger partial charge in [0, 0.05) is 22.1 Å². The molecule has 0 radical (unpaired) electrons. The third-order valence-electron chi connectivity index (χ3n) is 1.99. The predicted molar refractivity (Wildman–Crippen MR) is 55.8 cm³/mol. The molecule has 1 aromatic carbocycles. The largest absolute Gasteiger partial charge is 0.493 e. The topological polar surface area (TPSA) is 33.1 Å². The fourth-order valence-electron chi connectivity index (χ4n) is 1.39. The Kier molecular flexibility index (Phi) is 1.96. The van der Waals surface area contributed by atoms with Crippen LogP contribution in [0.25, 0.3) is 10.8 Å². The minimum absolute atomic E-state index is 0.0675. The number of rotatable bonds is 0. The van der Waals surface area contributed by atoms with Crippen molar-refractivity contribution in [1.82, 2.24) is 4.98 Å². The smallest absolute Gasteiger partial charge is 0.211 e. The monoisotopic (exact) mass is 237 g/mol. The number of aromatic nitrogens is 1. The van der Waals surface area contributed by atoms with Gasteiger partial charge in [0.2, 0.25) is 5.88 Å². The Morgan fingerprint density at radius 3 is 2.85 bits per heavy atom. The molecule has 2 rings (SSSR count). The van der Waals surface area contributed by atoms with Crippen molar-refractivity contribution in [3.05, 3.63) is 34.4 Å². The van der Waals surface area contributed by atoms with Crippen LogP contribution in [0.15, 0.2) is 28.9 Å². The molecule has 0 aliphatic rings. The van der Waals surface area contributed by atoms with Crippen molar-refractivity contribution in [3.63, 3.8) is 0 Å². The summed E-state index contributed by atoms with van der Waals surface area (Å²) in [4.78, 5) is 3.82. The van der Waals surface area contributed by atoms with Gasteiger partial charge in [0.25, 0.3) is 0 Å². The van der Waals surface area contributed by atoms with Crippen molar-refractivity contribution >= 4 is 26.7 Å². The molecule has 0 fully saturated rings. The zero-order valence-electron chi connectivity index (χ0n) is 7.08. The SMILES string of the molecule is Cc1cc(Br)cc2cnc(O)cc12. The maximum Gasteiger partial charge on any atom is 0.211 e. The van der Waals surface area contributed by atoms with Crippen LogP contribution in [0.4, 0.5) is 0 Å². The Morgan fingerprint density at radius 2 is 2.08 bits per heavy atom. The van der Waals surface area contributed by atoms with E-state index in [1.54, 1.807) is 12.3 Å². The number of hydrogen-bond acceptors (Lipinski definition) is 2. The maximum absolute atomic E-state index is 9.20. The second-order valence-electron chi connectivity index (χ2n) is 2.99. The van der Waals surface area contributed by atoms with Gasteiger partial charge in [-0.05, 0) is 30.0 Å². The first-order valence-electron chi connectivity index (χ1n) is 3.92. The third-order valence-corrected chi connectivity index (χ3v) is 2.45. The van der Waals surface area contributed by atoms with E-state index < -0.39 is 0 Å². The van der Waals surface area contributed by atoms with Crippen LogP contribution in [0.5, 0.6) is 5.88 Å². The van der Waals surface area contributed by atoms with Crippen LogP contribution in [-0.2, 0) is 0 Å². The van der Waals surface area contributed by atoms with Crippen LogP contribution in [-0.4, -0.2) is 10.1 Å². The van der Waals surface area contributed by atoms with Crippen molar-refractivity contribution in [1.29, 1.82) is 0 Å². The fraction of sp³-hybridized carbons (Fsp3) is 0.100. The van der Waals surface area contributed by atoms with E-state index in [1.807, 2.05) is 19.1 Å². The van der Waals surface area contributed by atoms with Gasteiger partial charge in [-0.25, -0.2) is 4.98 Å². The Morgan fingerprint density at radius 1 is 1.31 bits per heavy atom. The van der Waals surface area contributed by atoms with E-state index in [-0.39, 0.29) is 5.88 Å². The van der Waals surface area contributed by atoms with Gasteiger partial charge >= 0.3 is 0 Å². The molecule has 1 aromatic heterocycles. The quantitative estimate of drug-likeness (QED) is 0.765. The lowest BCUT2D eigenvalue weighted by Gasteiger charge is -2.02. The van der Waals surface area contributed by atoms with Crippen LogP contribution >= 0.6 is 15.9 Å². The van der Waals surface area contributed by atoms with E-state index in [0.29, 0.717) is 0 Å². The second kappa shape index (κ2) is 3.00. The number of halogens is 1. The molecule has 1 heterocycles. The molecule has 0 aliphatic heterocycles. The Labute approximate surface area is 84.4 Å². The minimum atomic E-state index is 0.0675. The third kappa shape index (κ3) is 1.52. The molecule has 3 heteroatoms. The first-order valence-corrected chi connectivity index (χ1v) is 4.71. The van der Waals surface area contributed by atoms with Crippen molar-refractivity contribution in [2.45, 2.75) is 6.92 Å². The summed E-state index contributed by atoms with van der Waals surface area (Å²) in [5, 5.41) is 11.3. The number of hydrogen-bond donors (Lipinski definition) is 1. The molecule has 1 N–H and O–H groups in total. The van der Waals surface area contributed by atoms with E-state index in [0.717, 1.165) is 20.8 Å². The van der Waals surface area contributed by atoms with E-state index in [9.17, 15) is 5.11 Å². The lowest BCUT2D eigenvalue weighted by molar-refractivity contribution is 0.454. The Balaban J connectivity index is 2.87. The van der Waals surface area contributed by atoms with Gasteiger partial charge in [-0.3, -0.25) is 0 Å². The summed E-state index contributed by atoms with van der Waals surface area (Å²) in [6.07, 6.45) is 1.67. The average molecular weight is 238 g/mol. The fourth-order valence-corrected chi connectivity index (χ4v) is 1.98. The van der Waals surface area contributed by atoms with Crippen molar-refractivity contribution < 1.29 is 5.11 Å². The van der Waals surface area contributed by atoms with Crippen LogP contribution in [0.1, 0.15) is 5.56 Å². The molecule has 2 aromatic rings. The van der Waals surface area contributed by atoms with Gasteiger partial charge in [0.05, 0.1) is 0 Å². The summed E-state index contributed by atoms with van der Waals surface area (Å²) in [6, 6.07) is 5.67. The molecule has 0 amide bonds. The van der Waals surface area contributed by atoms with Gasteiger partial charge in [0.1, 0.15) is 0 Å². The molecule has 0 unspecified atom stereocenters. The molecule has 0 saturated carbocycles. The molecule has 2 nitrogen and oxygen atoms in total. The van der Waals surface area contributed by atoms with Crippen LogP contribution in [0, 0.1) is 6.92 Å². The molecule has 0 saturated heterocycles. The highest BCUT2D eigenvalue weighted by Crippen LogP contribution is 2.25. The van der Waals surface area contributed by atoms with Gasteiger partial charge in [-0.2, -0.15) is 0 Å². The summed E-state index contributed by atoms with van der Waals surface area (Å²) in [5.41, 5.74) is 1.13. The van der Waals surface area contributed by atoms with E-state index >= 15 is 0 Å². The minimum Gasteiger partial charge on any atom is -0.493 e. The molecule has 13 heavy (non-hydrogen) atoms. The highest BCUT2D eigenvalue weighted by atomic mass is 79.9. The van der Waals surface area contributed by atoms with Crippen LogP contribution < -0.4 is 0 Å². The van der Waals surface area contributed by atoms with E-state index in [4.69, 9.17) is 0 Å². The van der Waals surface area contributed by atoms with E-state index in [2.05, 4.69) is 20.9 Å². The van der Waals surface area contributed by atoms with Gasteiger partial charge < -0.3 is 5.11 Å². The second-order valence-corrected chi connectivity index (χ2v) is 3.90. The molecule has 0 bridgehead atoms. The lowest BCUT2D eigenvalue weighted by atomic mass is 10.1. The van der Waals surface area contributed by atoms with Crippen LogP contribution in [0.2, 0.25) is 0 Å². The Hall–Kier alpha value is -1.09. The number of fused-ring (bicyclic) bond motifs is 1. The molecule has 0 spiro atoms. The number of aromatic hydroxyl groups is 1. The van der Waals surface area contributed by atoms with Crippen molar-refractivity contribution in [3.8, 4) is 5.88 Å². The normalized spacial score (nSPS) is 10.6. The summed E-state index contributed by atoms with van der Waals surface area (Å²) < 4.78 is 1.03. The molecule has 0 atom stereocenters. The van der Waals surface area contributed by atoms with Crippen LogP contribution in [0.3, 0.4) is 0 Å². The summed E-state index contributed by atoms with van der Waals surface area (Å²) >= 11 is 3.41. The highest BCUT2D eigenvalue weighted by molar-refractivity contribution is 9.10. The number of benzene rings is 1. The summed E-state index contributed by atoms with van der Waals surface area (Å²) in [7, 11) is 0. The molecule has 66 valence electrons. The number of nitrogens with zero attached hydrogens (tertiary/aromatic N) is 1. The van der Waals surface area contributed by atoms with E-state index in [1.165, 1.54) is 0 Å². The highest BCUT2D eigenvalue weighted by Gasteiger charge is 2.00. The van der Waals surface area contributed by atoms with Gasteiger partial charge in [-0.15, -0.1) is 0 Å². The first kappa shape index (κ1) is 8.51.